The number of aliphatic hydroxyl groups excluding tert-OH is 1. The summed E-state index contributed by atoms with van der Waals surface area (Å²) in [6, 6.07) is 13.8. The third kappa shape index (κ3) is 3.49. The zero-order chi connectivity index (χ0) is 16.9. The Balaban J connectivity index is 1.79. The molecule has 0 saturated carbocycles. The monoisotopic (exact) mass is 324 g/mol. The summed E-state index contributed by atoms with van der Waals surface area (Å²) >= 11 is 0. The lowest BCUT2D eigenvalue weighted by Gasteiger charge is -2.32. The van der Waals surface area contributed by atoms with Crippen molar-refractivity contribution < 1.29 is 9.90 Å². The van der Waals surface area contributed by atoms with Crippen LogP contribution in [0.3, 0.4) is 0 Å². The van der Waals surface area contributed by atoms with Gasteiger partial charge in [0.15, 0.2) is 0 Å². The van der Waals surface area contributed by atoms with Crippen molar-refractivity contribution >= 4 is 5.91 Å². The number of carbonyl (C=O) groups excluding carboxylic acids is 1. The van der Waals surface area contributed by atoms with Crippen LogP contribution in [-0.2, 0) is 24.2 Å². The number of nitrogens with zero attached hydrogens (tertiary/aromatic N) is 2. The molecule has 2 aromatic rings. The van der Waals surface area contributed by atoms with E-state index in [1.165, 1.54) is 11.1 Å². The van der Waals surface area contributed by atoms with Gasteiger partial charge < -0.3 is 10.0 Å². The van der Waals surface area contributed by atoms with Crippen LogP contribution in [-0.4, -0.2) is 33.5 Å². The number of hydrogen-bond acceptors (Lipinski definition) is 3. The average Bonchev–Trinajstić information content (AvgIpc) is 3.06. The van der Waals surface area contributed by atoms with E-state index in [1.807, 2.05) is 42.2 Å². The second kappa shape index (κ2) is 7.58. The summed E-state index contributed by atoms with van der Waals surface area (Å²) in [4.78, 5) is 19.3. The number of fused-ring (bicyclic) bond motifs is 1. The van der Waals surface area contributed by atoms with Gasteiger partial charge in [0.2, 0.25) is 5.91 Å². The van der Waals surface area contributed by atoms with E-state index < -0.39 is 0 Å². The summed E-state index contributed by atoms with van der Waals surface area (Å²) in [5.41, 5.74) is 3.39. The number of hydrogen-bond donors (Lipinski definition) is 1. The Labute approximate surface area is 143 Å². The minimum absolute atomic E-state index is 0.0191. The van der Waals surface area contributed by atoms with Crippen LogP contribution < -0.4 is 0 Å². The fourth-order valence-corrected chi connectivity index (χ4v) is 3.47. The van der Waals surface area contributed by atoms with Crippen LogP contribution in [0.1, 0.15) is 30.2 Å². The summed E-state index contributed by atoms with van der Waals surface area (Å²) in [6.45, 7) is 2.43. The minimum atomic E-state index is -0.164. The Morgan fingerprint density at radius 2 is 1.88 bits per heavy atom. The predicted molar refractivity (Wildman–Crippen MR) is 93.3 cm³/mol. The molecule has 1 aliphatic rings. The molecule has 0 fully saturated rings. The van der Waals surface area contributed by atoms with Crippen molar-refractivity contribution in [1.29, 1.82) is 0 Å². The van der Waals surface area contributed by atoms with Crippen LogP contribution in [0.25, 0.3) is 0 Å². The summed E-state index contributed by atoms with van der Waals surface area (Å²) in [6.07, 6.45) is 4.04. The van der Waals surface area contributed by atoms with Crippen molar-refractivity contribution in [2.75, 3.05) is 6.61 Å². The zero-order valence-electron chi connectivity index (χ0n) is 14.1. The topological polar surface area (TPSA) is 53.4 Å². The molecule has 1 heterocycles. The maximum absolute atomic E-state index is 13.2. The molecule has 4 heteroatoms. The lowest BCUT2D eigenvalue weighted by atomic mass is 10.0. The van der Waals surface area contributed by atoms with Gasteiger partial charge in [0.05, 0.1) is 24.9 Å². The van der Waals surface area contributed by atoms with Crippen LogP contribution in [0.2, 0.25) is 0 Å². The molecule has 0 bridgehead atoms. The number of aromatic nitrogens is 1. The third-order valence-corrected chi connectivity index (χ3v) is 4.86. The highest BCUT2D eigenvalue weighted by Gasteiger charge is 2.33. The smallest absolute Gasteiger partial charge is 0.227 e. The second-order valence-corrected chi connectivity index (χ2v) is 6.41. The molecule has 1 aromatic heterocycles. The molecule has 1 amide bonds. The Morgan fingerprint density at radius 1 is 1.21 bits per heavy atom. The van der Waals surface area contributed by atoms with E-state index in [0.717, 1.165) is 25.0 Å². The molecule has 0 radical (unpaired) electrons. The maximum atomic E-state index is 13.2. The SMILES string of the molecule is CCC(CO)N(Cc1ccccn1)C(=O)C1Cc2ccccc2C1. The first-order chi connectivity index (χ1) is 11.7. The van der Waals surface area contributed by atoms with Gasteiger partial charge in [0, 0.05) is 12.1 Å². The first-order valence-electron chi connectivity index (χ1n) is 8.61. The average molecular weight is 324 g/mol. The van der Waals surface area contributed by atoms with Gasteiger partial charge in [-0.05, 0) is 42.5 Å². The molecule has 126 valence electrons. The van der Waals surface area contributed by atoms with Crippen LogP contribution in [0, 0.1) is 5.92 Å². The van der Waals surface area contributed by atoms with E-state index >= 15 is 0 Å². The number of pyridine rings is 1. The van der Waals surface area contributed by atoms with Gasteiger partial charge in [0.25, 0.3) is 0 Å². The van der Waals surface area contributed by atoms with Crippen LogP contribution in [0.15, 0.2) is 48.7 Å². The second-order valence-electron chi connectivity index (χ2n) is 6.41. The largest absolute Gasteiger partial charge is 0.394 e. The van der Waals surface area contributed by atoms with Crippen molar-refractivity contribution in [3.05, 3.63) is 65.5 Å². The van der Waals surface area contributed by atoms with E-state index in [1.54, 1.807) is 6.20 Å². The quantitative estimate of drug-likeness (QED) is 0.888. The van der Waals surface area contributed by atoms with Gasteiger partial charge in [-0.15, -0.1) is 0 Å². The summed E-state index contributed by atoms with van der Waals surface area (Å²) < 4.78 is 0. The molecule has 3 rings (SSSR count). The van der Waals surface area contributed by atoms with Crippen molar-refractivity contribution in [1.82, 2.24) is 9.88 Å². The van der Waals surface area contributed by atoms with Crippen molar-refractivity contribution in [3.63, 3.8) is 0 Å². The number of aliphatic hydroxyl groups is 1. The number of benzene rings is 1. The van der Waals surface area contributed by atoms with Gasteiger partial charge in [0.1, 0.15) is 0 Å². The van der Waals surface area contributed by atoms with Crippen molar-refractivity contribution in [2.45, 2.75) is 38.8 Å². The van der Waals surface area contributed by atoms with Gasteiger partial charge >= 0.3 is 0 Å². The summed E-state index contributed by atoms with van der Waals surface area (Å²) in [7, 11) is 0. The molecular formula is C20H24N2O2. The van der Waals surface area contributed by atoms with E-state index in [-0.39, 0.29) is 24.5 Å². The van der Waals surface area contributed by atoms with Crippen molar-refractivity contribution in [2.24, 2.45) is 5.92 Å². The highest BCUT2D eigenvalue weighted by molar-refractivity contribution is 5.80. The molecule has 0 spiro atoms. The fraction of sp³-hybridized carbons (Fsp3) is 0.400. The molecule has 0 aliphatic heterocycles. The van der Waals surface area contributed by atoms with Gasteiger partial charge in [-0.3, -0.25) is 9.78 Å². The molecule has 0 saturated heterocycles. The Hall–Kier alpha value is -2.20. The Morgan fingerprint density at radius 3 is 2.42 bits per heavy atom. The van der Waals surface area contributed by atoms with Crippen LogP contribution in [0.4, 0.5) is 0 Å². The van der Waals surface area contributed by atoms with Crippen LogP contribution in [0.5, 0.6) is 0 Å². The molecule has 1 atom stereocenters. The maximum Gasteiger partial charge on any atom is 0.227 e. The standard InChI is InChI=1S/C20H24N2O2/c1-2-19(14-23)22(13-18-9-5-6-10-21-18)20(24)17-11-15-7-3-4-8-16(15)12-17/h3-10,17,19,23H,2,11-14H2,1H3. The summed E-state index contributed by atoms with van der Waals surface area (Å²) in [5.74, 6) is 0.0875. The lowest BCUT2D eigenvalue weighted by molar-refractivity contribution is -0.139. The van der Waals surface area contributed by atoms with Gasteiger partial charge in [-0.25, -0.2) is 0 Å². The molecular weight excluding hydrogens is 300 g/mol. The molecule has 1 aliphatic carbocycles. The molecule has 24 heavy (non-hydrogen) atoms. The summed E-state index contributed by atoms with van der Waals surface area (Å²) in [5, 5.41) is 9.73. The van der Waals surface area contributed by atoms with E-state index in [9.17, 15) is 9.90 Å². The molecule has 1 N–H and O–H groups in total. The number of carbonyl (C=O) groups is 1. The van der Waals surface area contributed by atoms with E-state index in [0.29, 0.717) is 6.54 Å². The van der Waals surface area contributed by atoms with Gasteiger partial charge in [-0.2, -0.15) is 0 Å². The highest BCUT2D eigenvalue weighted by Crippen LogP contribution is 2.29. The fourth-order valence-electron chi connectivity index (χ4n) is 3.47. The zero-order valence-corrected chi connectivity index (χ0v) is 14.1. The third-order valence-electron chi connectivity index (χ3n) is 4.86. The highest BCUT2D eigenvalue weighted by atomic mass is 16.3. The normalized spacial score (nSPS) is 15.1. The first-order valence-corrected chi connectivity index (χ1v) is 8.61. The van der Waals surface area contributed by atoms with Crippen molar-refractivity contribution in [3.8, 4) is 0 Å². The first kappa shape index (κ1) is 16.7. The Bertz CT molecular complexity index is 658. The van der Waals surface area contributed by atoms with Gasteiger partial charge in [-0.1, -0.05) is 37.3 Å². The van der Waals surface area contributed by atoms with E-state index in [4.69, 9.17) is 0 Å². The number of amides is 1. The lowest BCUT2D eigenvalue weighted by Crippen LogP contribution is -2.45. The predicted octanol–water partition coefficient (Wildman–Crippen LogP) is 2.60. The molecule has 1 unspecified atom stereocenters. The molecule has 1 aromatic carbocycles. The number of rotatable bonds is 6. The van der Waals surface area contributed by atoms with Crippen LogP contribution >= 0.6 is 0 Å². The minimum Gasteiger partial charge on any atom is -0.394 e. The molecule has 4 nitrogen and oxygen atoms in total. The van der Waals surface area contributed by atoms with E-state index in [2.05, 4.69) is 17.1 Å². The Kier molecular flexibility index (Phi) is 5.26.